The number of rotatable bonds is 8. The number of Topliss-reactive ketones (excluding diaryl/α,β-unsaturated/α-hetero) is 1. The zero-order valence-electron chi connectivity index (χ0n) is 9.66. The molecule has 0 aliphatic heterocycles. The number of halogens is 2. The lowest BCUT2D eigenvalue weighted by atomic mass is 10.2. The molecule has 0 aliphatic carbocycles. The summed E-state index contributed by atoms with van der Waals surface area (Å²) in [4.78, 5) is 10.6. The van der Waals surface area contributed by atoms with Gasteiger partial charge < -0.3 is 13.8 Å². The second-order valence-corrected chi connectivity index (χ2v) is 5.37. The van der Waals surface area contributed by atoms with Gasteiger partial charge in [0.2, 0.25) is 0 Å². The van der Waals surface area contributed by atoms with Crippen molar-refractivity contribution in [1.29, 1.82) is 0 Å². The summed E-state index contributed by atoms with van der Waals surface area (Å²) in [6, 6.07) is 0. The SMILES string of the molecule is CCOP(=O)(OCC)C(F)(F)CCC(C)=O. The number of hydrogen-bond acceptors (Lipinski definition) is 4. The Bertz CT molecular complexity index is 271. The molecule has 96 valence electrons. The van der Waals surface area contributed by atoms with Gasteiger partial charge in [-0.15, -0.1) is 0 Å². The summed E-state index contributed by atoms with van der Waals surface area (Å²) < 4.78 is 47.9. The van der Waals surface area contributed by atoms with E-state index in [1.165, 1.54) is 20.8 Å². The van der Waals surface area contributed by atoms with Crippen LogP contribution in [0.15, 0.2) is 0 Å². The van der Waals surface area contributed by atoms with Gasteiger partial charge in [-0.2, -0.15) is 8.78 Å². The van der Waals surface area contributed by atoms with Crippen molar-refractivity contribution >= 4 is 13.4 Å². The van der Waals surface area contributed by atoms with E-state index >= 15 is 0 Å². The first kappa shape index (κ1) is 15.7. The van der Waals surface area contributed by atoms with Crippen LogP contribution in [0.1, 0.15) is 33.6 Å². The summed E-state index contributed by atoms with van der Waals surface area (Å²) in [6.45, 7) is 3.84. The Hall–Kier alpha value is -0.320. The minimum Gasteiger partial charge on any atom is -0.305 e. The summed E-state index contributed by atoms with van der Waals surface area (Å²) in [5.41, 5.74) is -3.62. The number of carbonyl (C=O) groups is 1. The van der Waals surface area contributed by atoms with Crippen molar-refractivity contribution < 1.29 is 27.2 Å². The lowest BCUT2D eigenvalue weighted by Crippen LogP contribution is -2.21. The van der Waals surface area contributed by atoms with Crippen molar-refractivity contribution in [3.05, 3.63) is 0 Å². The van der Waals surface area contributed by atoms with Gasteiger partial charge in [-0.1, -0.05) is 0 Å². The Morgan fingerprint density at radius 3 is 2.00 bits per heavy atom. The van der Waals surface area contributed by atoms with E-state index in [9.17, 15) is 18.1 Å². The van der Waals surface area contributed by atoms with Gasteiger partial charge in [0.15, 0.2) is 0 Å². The summed E-state index contributed by atoms with van der Waals surface area (Å²) in [5, 5.41) is 0. The Morgan fingerprint density at radius 2 is 1.69 bits per heavy atom. The minimum atomic E-state index is -4.46. The topological polar surface area (TPSA) is 52.6 Å². The average Bonchev–Trinajstić information content (AvgIpc) is 2.15. The molecule has 0 rings (SSSR count). The first-order valence-electron chi connectivity index (χ1n) is 5.05. The second-order valence-electron chi connectivity index (χ2n) is 3.20. The molecule has 0 aromatic heterocycles. The molecule has 0 aliphatic rings. The molecule has 16 heavy (non-hydrogen) atoms. The molecule has 0 atom stereocenters. The van der Waals surface area contributed by atoms with Crippen molar-refractivity contribution in [2.24, 2.45) is 0 Å². The molecular formula is C9H17F2O4P. The van der Waals surface area contributed by atoms with E-state index in [0.29, 0.717) is 0 Å². The molecule has 0 amide bonds. The minimum absolute atomic E-state index is 0.132. The van der Waals surface area contributed by atoms with E-state index in [2.05, 4.69) is 9.05 Å². The molecule has 0 aromatic rings. The molecule has 0 unspecified atom stereocenters. The van der Waals surface area contributed by atoms with Crippen molar-refractivity contribution in [3.8, 4) is 0 Å². The standard InChI is InChI=1S/C9H17F2O4P/c1-4-14-16(13,15-5-2)9(10,11)7-6-8(3)12/h4-7H2,1-3H3. The monoisotopic (exact) mass is 258 g/mol. The quantitative estimate of drug-likeness (QED) is 0.627. The highest BCUT2D eigenvalue weighted by atomic mass is 31.2. The van der Waals surface area contributed by atoms with Crippen LogP contribution < -0.4 is 0 Å². The molecule has 0 spiro atoms. The summed E-state index contributed by atoms with van der Waals surface area (Å²) in [7, 11) is -4.46. The Kier molecular flexibility index (Phi) is 6.30. The maximum Gasteiger partial charge on any atom is 0.399 e. The molecule has 7 heteroatoms. The third kappa shape index (κ3) is 4.28. The number of ketones is 1. The summed E-state index contributed by atoms with van der Waals surface area (Å²) >= 11 is 0. The number of hydrogen-bond donors (Lipinski definition) is 0. The van der Waals surface area contributed by atoms with Crippen LogP contribution in [0.4, 0.5) is 8.78 Å². The van der Waals surface area contributed by atoms with Crippen molar-refractivity contribution in [2.75, 3.05) is 13.2 Å². The van der Waals surface area contributed by atoms with Gasteiger partial charge in [-0.25, -0.2) is 0 Å². The molecule has 0 aromatic carbocycles. The van der Waals surface area contributed by atoms with Gasteiger partial charge in [0.05, 0.1) is 13.2 Å². The van der Waals surface area contributed by atoms with Gasteiger partial charge in [0.1, 0.15) is 5.78 Å². The fraction of sp³-hybridized carbons (Fsp3) is 0.889. The normalized spacial score (nSPS) is 12.8. The molecule has 0 heterocycles. The predicted octanol–water partition coefficient (Wildman–Crippen LogP) is 3.21. The molecule has 0 bridgehead atoms. The van der Waals surface area contributed by atoms with E-state index in [0.717, 1.165) is 0 Å². The van der Waals surface area contributed by atoms with Crippen LogP contribution in [-0.2, 0) is 18.4 Å². The van der Waals surface area contributed by atoms with Crippen LogP contribution in [0, 0.1) is 0 Å². The maximum atomic E-state index is 13.5. The smallest absolute Gasteiger partial charge is 0.305 e. The van der Waals surface area contributed by atoms with Crippen LogP contribution in [0.5, 0.6) is 0 Å². The molecule has 0 fully saturated rings. The Labute approximate surface area is 93.8 Å². The summed E-state index contributed by atoms with van der Waals surface area (Å²) in [6.07, 6.45) is -1.17. The highest BCUT2D eigenvalue weighted by molar-refractivity contribution is 7.55. The number of carbonyl (C=O) groups excluding carboxylic acids is 1. The van der Waals surface area contributed by atoms with E-state index < -0.39 is 19.7 Å². The first-order chi connectivity index (χ1) is 7.29. The second kappa shape index (κ2) is 6.42. The maximum absolute atomic E-state index is 13.5. The third-order valence-electron chi connectivity index (χ3n) is 1.78. The first-order valence-corrected chi connectivity index (χ1v) is 6.59. The van der Waals surface area contributed by atoms with E-state index in [1.807, 2.05) is 0 Å². The zero-order chi connectivity index (χ0) is 12.8. The van der Waals surface area contributed by atoms with Crippen LogP contribution >= 0.6 is 7.60 Å². The number of alkyl halides is 2. The molecule has 0 N–H and O–H groups in total. The molecule has 0 saturated heterocycles. The van der Waals surface area contributed by atoms with Crippen LogP contribution in [0.2, 0.25) is 0 Å². The molecule has 0 radical (unpaired) electrons. The zero-order valence-corrected chi connectivity index (χ0v) is 10.6. The fourth-order valence-corrected chi connectivity index (χ4v) is 2.55. The van der Waals surface area contributed by atoms with Gasteiger partial charge in [-0.05, 0) is 20.8 Å². The van der Waals surface area contributed by atoms with Gasteiger partial charge in [0.25, 0.3) is 0 Å². The van der Waals surface area contributed by atoms with Gasteiger partial charge >= 0.3 is 13.3 Å². The highest BCUT2D eigenvalue weighted by Crippen LogP contribution is 2.63. The van der Waals surface area contributed by atoms with Crippen LogP contribution in [0.3, 0.4) is 0 Å². The van der Waals surface area contributed by atoms with E-state index in [1.54, 1.807) is 0 Å². The Morgan fingerprint density at radius 1 is 1.25 bits per heavy atom. The fourth-order valence-electron chi connectivity index (χ4n) is 1.03. The van der Waals surface area contributed by atoms with Crippen molar-refractivity contribution in [2.45, 2.75) is 39.3 Å². The Balaban J connectivity index is 4.74. The summed E-state index contributed by atoms with van der Waals surface area (Å²) in [5.74, 6) is -0.390. The molecular weight excluding hydrogens is 241 g/mol. The third-order valence-corrected chi connectivity index (χ3v) is 4.00. The van der Waals surface area contributed by atoms with Crippen molar-refractivity contribution in [3.63, 3.8) is 0 Å². The lowest BCUT2D eigenvalue weighted by Gasteiger charge is -2.25. The van der Waals surface area contributed by atoms with Gasteiger partial charge in [0, 0.05) is 12.8 Å². The van der Waals surface area contributed by atoms with Crippen molar-refractivity contribution in [1.82, 2.24) is 0 Å². The molecule has 4 nitrogen and oxygen atoms in total. The highest BCUT2D eigenvalue weighted by Gasteiger charge is 2.52. The van der Waals surface area contributed by atoms with E-state index in [4.69, 9.17) is 0 Å². The largest absolute Gasteiger partial charge is 0.399 e. The van der Waals surface area contributed by atoms with Crippen LogP contribution in [-0.4, -0.2) is 24.7 Å². The lowest BCUT2D eigenvalue weighted by molar-refractivity contribution is -0.118. The van der Waals surface area contributed by atoms with Gasteiger partial charge in [-0.3, -0.25) is 4.57 Å². The predicted molar refractivity (Wildman–Crippen MR) is 55.7 cm³/mol. The molecule has 0 saturated carbocycles. The van der Waals surface area contributed by atoms with Crippen LogP contribution in [0.25, 0.3) is 0 Å². The average molecular weight is 258 g/mol. The van der Waals surface area contributed by atoms with E-state index in [-0.39, 0.29) is 25.4 Å².